The minimum atomic E-state index is -0.00738. The van der Waals surface area contributed by atoms with E-state index in [4.69, 9.17) is 14.2 Å². The van der Waals surface area contributed by atoms with Gasteiger partial charge in [-0.15, -0.1) is 0 Å². The van der Waals surface area contributed by atoms with Gasteiger partial charge < -0.3 is 19.5 Å². The van der Waals surface area contributed by atoms with Crippen LogP contribution in [0.4, 0.5) is 5.69 Å². The summed E-state index contributed by atoms with van der Waals surface area (Å²) in [6.45, 7) is 4.97. The summed E-state index contributed by atoms with van der Waals surface area (Å²) in [7, 11) is 0. The van der Waals surface area contributed by atoms with Crippen LogP contribution in [-0.4, -0.2) is 30.8 Å². The van der Waals surface area contributed by atoms with E-state index in [0.717, 1.165) is 34.1 Å². The molecule has 2 aromatic carbocycles. The van der Waals surface area contributed by atoms with Gasteiger partial charge in [0, 0.05) is 29.7 Å². The van der Waals surface area contributed by atoms with E-state index in [1.165, 1.54) is 0 Å². The maximum Gasteiger partial charge on any atom is 0.231 e. The summed E-state index contributed by atoms with van der Waals surface area (Å²) in [5, 5.41) is 2.88. The molecule has 0 atom stereocenters. The number of para-hydroxylation sites is 1. The summed E-state index contributed by atoms with van der Waals surface area (Å²) >= 11 is 1.71. The molecule has 138 valence electrons. The lowest BCUT2D eigenvalue weighted by molar-refractivity contribution is -0.115. The van der Waals surface area contributed by atoms with Crippen LogP contribution in [0.5, 0.6) is 17.2 Å². The summed E-state index contributed by atoms with van der Waals surface area (Å²) in [5.74, 6) is 3.95. The number of anilines is 1. The Kier molecular flexibility index (Phi) is 6.28. The Balaban J connectivity index is 1.33. The van der Waals surface area contributed by atoms with Gasteiger partial charge in [0.15, 0.2) is 11.5 Å². The van der Waals surface area contributed by atoms with Gasteiger partial charge in [-0.2, -0.15) is 11.8 Å². The monoisotopic (exact) mass is 373 g/mol. The van der Waals surface area contributed by atoms with Crippen molar-refractivity contribution < 1.29 is 19.0 Å². The third kappa shape index (κ3) is 4.85. The molecule has 0 saturated carbocycles. The molecule has 0 unspecified atom stereocenters. The van der Waals surface area contributed by atoms with Gasteiger partial charge in [-0.05, 0) is 37.1 Å². The molecular weight excluding hydrogens is 350 g/mol. The van der Waals surface area contributed by atoms with Crippen molar-refractivity contribution in [2.75, 3.05) is 30.2 Å². The lowest BCUT2D eigenvalue weighted by Gasteiger charge is -2.11. The highest BCUT2D eigenvalue weighted by atomic mass is 32.2. The first-order valence-corrected chi connectivity index (χ1v) is 9.75. The second-order valence-electron chi connectivity index (χ2n) is 6.05. The van der Waals surface area contributed by atoms with Gasteiger partial charge in [0.1, 0.15) is 5.75 Å². The Morgan fingerprint density at radius 3 is 2.69 bits per heavy atom. The van der Waals surface area contributed by atoms with Gasteiger partial charge in [-0.1, -0.05) is 18.2 Å². The zero-order valence-electron chi connectivity index (χ0n) is 15.0. The zero-order valence-corrected chi connectivity index (χ0v) is 15.9. The van der Waals surface area contributed by atoms with Crippen LogP contribution in [0.3, 0.4) is 0 Å². The van der Waals surface area contributed by atoms with Crippen LogP contribution in [-0.2, 0) is 4.79 Å². The van der Waals surface area contributed by atoms with E-state index < -0.39 is 0 Å². The molecule has 1 N–H and O–H groups in total. The van der Waals surface area contributed by atoms with Crippen molar-refractivity contribution in [2.45, 2.75) is 20.3 Å². The number of aryl methyl sites for hydroxylation is 2. The Labute approximate surface area is 158 Å². The Hall–Kier alpha value is -2.34. The summed E-state index contributed by atoms with van der Waals surface area (Å²) in [5.41, 5.74) is 3.03. The molecular formula is C20H23NO4S. The molecule has 1 aliphatic rings. The number of nitrogens with one attached hydrogen (secondary N) is 1. The van der Waals surface area contributed by atoms with Gasteiger partial charge in [0.25, 0.3) is 0 Å². The van der Waals surface area contributed by atoms with E-state index >= 15 is 0 Å². The first-order chi connectivity index (χ1) is 12.6. The summed E-state index contributed by atoms with van der Waals surface area (Å²) < 4.78 is 16.4. The lowest BCUT2D eigenvalue weighted by Crippen LogP contribution is -2.12. The predicted molar refractivity (Wildman–Crippen MR) is 105 cm³/mol. The minimum absolute atomic E-state index is 0.00738. The molecule has 5 nitrogen and oxygen atoms in total. The highest BCUT2D eigenvalue weighted by molar-refractivity contribution is 7.99. The minimum Gasteiger partial charge on any atom is -0.492 e. The van der Waals surface area contributed by atoms with Crippen LogP contribution in [0.25, 0.3) is 0 Å². The molecule has 0 aliphatic carbocycles. The van der Waals surface area contributed by atoms with Crippen LogP contribution in [0, 0.1) is 13.8 Å². The van der Waals surface area contributed by atoms with Crippen LogP contribution >= 0.6 is 11.8 Å². The molecule has 0 aromatic heterocycles. The molecule has 0 spiro atoms. The lowest BCUT2D eigenvalue weighted by atomic mass is 10.1. The number of hydrogen-bond donors (Lipinski definition) is 1. The van der Waals surface area contributed by atoms with Crippen LogP contribution in [0.2, 0.25) is 0 Å². The van der Waals surface area contributed by atoms with E-state index in [1.807, 2.05) is 12.1 Å². The normalized spacial score (nSPS) is 12.1. The molecule has 2 aromatic rings. The van der Waals surface area contributed by atoms with Crippen molar-refractivity contribution in [3.63, 3.8) is 0 Å². The molecule has 1 heterocycles. The number of hydrogen-bond acceptors (Lipinski definition) is 5. The van der Waals surface area contributed by atoms with E-state index in [1.54, 1.807) is 23.9 Å². The first-order valence-electron chi connectivity index (χ1n) is 8.60. The smallest absolute Gasteiger partial charge is 0.231 e. The topological polar surface area (TPSA) is 56.8 Å². The fraction of sp³-hybridized carbons (Fsp3) is 0.350. The van der Waals surface area contributed by atoms with E-state index in [0.29, 0.717) is 24.5 Å². The van der Waals surface area contributed by atoms with Crippen molar-refractivity contribution in [3.8, 4) is 17.2 Å². The summed E-state index contributed by atoms with van der Waals surface area (Å²) in [4.78, 5) is 12.0. The van der Waals surface area contributed by atoms with Gasteiger partial charge in [-0.25, -0.2) is 0 Å². The summed E-state index contributed by atoms with van der Waals surface area (Å²) in [6.07, 6.45) is 0.461. The molecule has 6 heteroatoms. The second-order valence-corrected chi connectivity index (χ2v) is 7.27. The second kappa shape index (κ2) is 8.85. The van der Waals surface area contributed by atoms with E-state index in [2.05, 4.69) is 31.3 Å². The largest absolute Gasteiger partial charge is 0.492 e. The molecule has 0 saturated heterocycles. The van der Waals surface area contributed by atoms with Crippen molar-refractivity contribution in [2.24, 2.45) is 0 Å². The average Bonchev–Trinajstić information content (AvgIpc) is 3.07. The third-order valence-electron chi connectivity index (χ3n) is 4.01. The maximum absolute atomic E-state index is 12.0. The highest BCUT2D eigenvalue weighted by Crippen LogP contribution is 2.34. The maximum atomic E-state index is 12.0. The van der Waals surface area contributed by atoms with Gasteiger partial charge >= 0.3 is 0 Å². The van der Waals surface area contributed by atoms with Crippen molar-refractivity contribution in [1.82, 2.24) is 0 Å². The van der Waals surface area contributed by atoms with E-state index in [9.17, 15) is 4.79 Å². The van der Waals surface area contributed by atoms with Gasteiger partial charge in [-0.3, -0.25) is 4.79 Å². The number of thioether (sulfide) groups is 1. The number of carbonyl (C=O) groups is 1. The zero-order chi connectivity index (χ0) is 18.4. The Morgan fingerprint density at radius 1 is 1.12 bits per heavy atom. The van der Waals surface area contributed by atoms with Crippen molar-refractivity contribution >= 4 is 23.4 Å². The average molecular weight is 373 g/mol. The number of carbonyl (C=O) groups excluding carboxylic acids is 1. The summed E-state index contributed by atoms with van der Waals surface area (Å²) in [6, 6.07) is 11.5. The molecule has 0 bridgehead atoms. The quantitative estimate of drug-likeness (QED) is 0.704. The van der Waals surface area contributed by atoms with Crippen LogP contribution < -0.4 is 19.5 Å². The number of amides is 1. The van der Waals surface area contributed by atoms with Gasteiger partial charge in [0.05, 0.1) is 6.61 Å². The fourth-order valence-electron chi connectivity index (χ4n) is 2.69. The first kappa shape index (κ1) is 18.5. The molecule has 0 fully saturated rings. The molecule has 1 amide bonds. The number of ether oxygens (including phenoxy) is 3. The third-order valence-corrected chi connectivity index (χ3v) is 4.96. The molecule has 1 aliphatic heterocycles. The predicted octanol–water partition coefficient (Wildman–Crippen LogP) is 4.17. The Morgan fingerprint density at radius 2 is 1.88 bits per heavy atom. The number of rotatable bonds is 8. The van der Waals surface area contributed by atoms with Crippen molar-refractivity contribution in [3.05, 3.63) is 47.5 Å². The van der Waals surface area contributed by atoms with Crippen molar-refractivity contribution in [1.29, 1.82) is 0 Å². The van der Waals surface area contributed by atoms with Crippen LogP contribution in [0.15, 0.2) is 36.4 Å². The number of fused-ring (bicyclic) bond motifs is 1. The number of benzene rings is 2. The SMILES string of the molecule is Cc1cccc(C)c1OCCSCCC(=O)Nc1ccc2c(c1)OCO2. The molecule has 26 heavy (non-hydrogen) atoms. The standard InChI is InChI=1S/C20H23NO4S/c1-14-4-3-5-15(2)20(14)23-9-11-26-10-8-19(22)21-16-6-7-17-18(12-16)25-13-24-17/h3-7,12H,8-11,13H2,1-2H3,(H,21,22). The Bertz CT molecular complexity index is 758. The van der Waals surface area contributed by atoms with Crippen LogP contribution in [0.1, 0.15) is 17.5 Å². The molecule has 3 rings (SSSR count). The fourth-order valence-corrected chi connectivity index (χ4v) is 3.43. The molecule has 0 radical (unpaired) electrons. The van der Waals surface area contributed by atoms with Gasteiger partial charge in [0.2, 0.25) is 12.7 Å². The highest BCUT2D eigenvalue weighted by Gasteiger charge is 2.14. The van der Waals surface area contributed by atoms with E-state index in [-0.39, 0.29) is 12.7 Å².